The SMILES string of the molecule is CC1CC(c2cc(Cl)nc(NCCC#N)c2)C1. The summed E-state index contributed by atoms with van der Waals surface area (Å²) >= 11 is 6.01. The summed E-state index contributed by atoms with van der Waals surface area (Å²) in [6.45, 7) is 2.88. The molecule has 0 radical (unpaired) electrons. The highest BCUT2D eigenvalue weighted by atomic mass is 35.5. The molecule has 0 aromatic carbocycles. The van der Waals surface area contributed by atoms with Crippen LogP contribution in [0.25, 0.3) is 0 Å². The van der Waals surface area contributed by atoms with Gasteiger partial charge < -0.3 is 5.32 Å². The van der Waals surface area contributed by atoms with Crippen molar-refractivity contribution < 1.29 is 0 Å². The highest BCUT2D eigenvalue weighted by Crippen LogP contribution is 2.42. The van der Waals surface area contributed by atoms with Gasteiger partial charge in [-0.25, -0.2) is 4.98 Å². The van der Waals surface area contributed by atoms with Gasteiger partial charge in [-0.3, -0.25) is 0 Å². The average molecular weight is 250 g/mol. The number of aromatic nitrogens is 1. The molecule has 0 spiro atoms. The second-order valence-electron chi connectivity index (χ2n) is 4.72. The molecule has 0 atom stereocenters. The Balaban J connectivity index is 2.04. The van der Waals surface area contributed by atoms with Crippen molar-refractivity contribution in [1.29, 1.82) is 5.26 Å². The summed E-state index contributed by atoms with van der Waals surface area (Å²) in [5.41, 5.74) is 1.27. The van der Waals surface area contributed by atoms with Gasteiger partial charge in [0.1, 0.15) is 11.0 Å². The second kappa shape index (κ2) is 5.37. The molecule has 0 saturated heterocycles. The zero-order valence-corrected chi connectivity index (χ0v) is 10.7. The minimum absolute atomic E-state index is 0.476. The Bertz CT molecular complexity index is 433. The van der Waals surface area contributed by atoms with E-state index >= 15 is 0 Å². The molecule has 0 bridgehead atoms. The Labute approximate surface area is 107 Å². The van der Waals surface area contributed by atoms with E-state index in [-0.39, 0.29) is 0 Å². The van der Waals surface area contributed by atoms with Gasteiger partial charge in [-0.05, 0) is 42.4 Å². The van der Waals surface area contributed by atoms with Gasteiger partial charge in [0.15, 0.2) is 0 Å². The molecule has 2 rings (SSSR count). The predicted octanol–water partition coefficient (Wildman–Crippen LogP) is 3.57. The number of hydrogen-bond donors (Lipinski definition) is 1. The summed E-state index contributed by atoms with van der Waals surface area (Å²) in [5, 5.41) is 12.1. The lowest BCUT2D eigenvalue weighted by molar-refractivity contribution is 0.288. The molecule has 17 heavy (non-hydrogen) atoms. The monoisotopic (exact) mass is 249 g/mol. The maximum Gasteiger partial charge on any atom is 0.131 e. The number of pyridine rings is 1. The maximum atomic E-state index is 8.48. The fourth-order valence-corrected chi connectivity index (χ4v) is 2.48. The minimum atomic E-state index is 0.476. The molecule has 1 saturated carbocycles. The van der Waals surface area contributed by atoms with Crippen molar-refractivity contribution in [2.75, 3.05) is 11.9 Å². The van der Waals surface area contributed by atoms with Crippen molar-refractivity contribution in [2.45, 2.75) is 32.1 Å². The smallest absolute Gasteiger partial charge is 0.131 e. The van der Waals surface area contributed by atoms with Crippen molar-refractivity contribution in [2.24, 2.45) is 5.92 Å². The molecule has 1 N–H and O–H groups in total. The third-order valence-corrected chi connectivity index (χ3v) is 3.40. The minimum Gasteiger partial charge on any atom is -0.369 e. The predicted molar refractivity (Wildman–Crippen MR) is 69.1 cm³/mol. The third kappa shape index (κ3) is 3.10. The van der Waals surface area contributed by atoms with E-state index in [0.29, 0.717) is 24.0 Å². The number of nitriles is 1. The van der Waals surface area contributed by atoms with Gasteiger partial charge in [0.05, 0.1) is 12.5 Å². The summed E-state index contributed by atoms with van der Waals surface area (Å²) in [5.74, 6) is 2.23. The number of halogens is 1. The number of anilines is 1. The van der Waals surface area contributed by atoms with E-state index < -0.39 is 0 Å². The third-order valence-electron chi connectivity index (χ3n) is 3.20. The summed E-state index contributed by atoms with van der Waals surface area (Å²) in [7, 11) is 0. The van der Waals surface area contributed by atoms with E-state index in [1.165, 1.54) is 18.4 Å². The Morgan fingerprint density at radius 2 is 2.29 bits per heavy atom. The number of rotatable bonds is 4. The van der Waals surface area contributed by atoms with Gasteiger partial charge in [0.25, 0.3) is 0 Å². The van der Waals surface area contributed by atoms with Gasteiger partial charge in [0.2, 0.25) is 0 Å². The first kappa shape index (κ1) is 12.2. The van der Waals surface area contributed by atoms with Crippen LogP contribution in [0.15, 0.2) is 12.1 Å². The van der Waals surface area contributed by atoms with Crippen LogP contribution < -0.4 is 5.32 Å². The van der Waals surface area contributed by atoms with Crippen molar-refractivity contribution in [3.8, 4) is 6.07 Å². The van der Waals surface area contributed by atoms with Crippen LogP contribution in [0.2, 0.25) is 5.15 Å². The van der Waals surface area contributed by atoms with E-state index in [0.717, 1.165) is 11.7 Å². The van der Waals surface area contributed by atoms with Crippen molar-refractivity contribution in [3.05, 3.63) is 22.8 Å². The molecule has 0 amide bonds. The maximum absolute atomic E-state index is 8.48. The van der Waals surface area contributed by atoms with Crippen LogP contribution in [0.5, 0.6) is 0 Å². The molecule has 1 aromatic rings. The number of hydrogen-bond acceptors (Lipinski definition) is 3. The Morgan fingerprint density at radius 3 is 2.94 bits per heavy atom. The average Bonchev–Trinajstić information content (AvgIpc) is 2.24. The van der Waals surface area contributed by atoms with Crippen LogP contribution in [0, 0.1) is 17.2 Å². The molecule has 1 aromatic heterocycles. The van der Waals surface area contributed by atoms with Crippen LogP contribution in [-0.4, -0.2) is 11.5 Å². The fraction of sp³-hybridized carbons (Fsp3) is 0.538. The van der Waals surface area contributed by atoms with Crippen LogP contribution >= 0.6 is 11.6 Å². The normalized spacial score (nSPS) is 22.6. The molecule has 3 nitrogen and oxygen atoms in total. The molecule has 1 fully saturated rings. The van der Waals surface area contributed by atoms with Crippen LogP contribution in [-0.2, 0) is 0 Å². The highest BCUT2D eigenvalue weighted by Gasteiger charge is 2.27. The summed E-state index contributed by atoms with van der Waals surface area (Å²) < 4.78 is 0. The largest absolute Gasteiger partial charge is 0.369 e. The lowest BCUT2D eigenvalue weighted by Gasteiger charge is -2.33. The molecule has 0 unspecified atom stereocenters. The van der Waals surface area contributed by atoms with Crippen LogP contribution in [0.1, 0.15) is 37.7 Å². The first-order valence-corrected chi connectivity index (χ1v) is 6.35. The topological polar surface area (TPSA) is 48.7 Å². The van der Waals surface area contributed by atoms with E-state index in [1.54, 1.807) is 0 Å². The van der Waals surface area contributed by atoms with Crippen LogP contribution in [0.3, 0.4) is 0 Å². The standard InChI is InChI=1S/C13H16ClN3/c1-9-5-10(6-9)11-7-12(14)17-13(8-11)16-4-2-3-15/h7-10H,2,4-6H2,1H3,(H,16,17). The first-order chi connectivity index (χ1) is 8.19. The van der Waals surface area contributed by atoms with E-state index in [9.17, 15) is 0 Å². The Morgan fingerprint density at radius 1 is 1.53 bits per heavy atom. The lowest BCUT2D eigenvalue weighted by Crippen LogP contribution is -2.19. The molecule has 1 aliphatic rings. The van der Waals surface area contributed by atoms with E-state index in [1.807, 2.05) is 6.07 Å². The molecule has 1 aliphatic carbocycles. The van der Waals surface area contributed by atoms with Crippen LogP contribution in [0.4, 0.5) is 5.82 Å². The molecule has 90 valence electrons. The van der Waals surface area contributed by atoms with Crippen molar-refractivity contribution in [3.63, 3.8) is 0 Å². The fourth-order valence-electron chi connectivity index (χ4n) is 2.26. The second-order valence-corrected chi connectivity index (χ2v) is 5.10. The zero-order chi connectivity index (χ0) is 12.3. The molecule has 1 heterocycles. The number of nitrogens with one attached hydrogen (secondary N) is 1. The van der Waals surface area contributed by atoms with Gasteiger partial charge in [-0.1, -0.05) is 18.5 Å². The Kier molecular flexibility index (Phi) is 3.86. The lowest BCUT2D eigenvalue weighted by atomic mass is 9.73. The molecular weight excluding hydrogens is 234 g/mol. The quantitative estimate of drug-likeness (QED) is 0.656. The van der Waals surface area contributed by atoms with E-state index in [4.69, 9.17) is 16.9 Å². The van der Waals surface area contributed by atoms with Gasteiger partial charge in [-0.15, -0.1) is 0 Å². The molecule has 4 heteroatoms. The van der Waals surface area contributed by atoms with Crippen molar-refractivity contribution in [1.82, 2.24) is 4.98 Å². The summed E-state index contributed by atoms with van der Waals surface area (Å²) in [4.78, 5) is 4.21. The number of nitrogens with zero attached hydrogens (tertiary/aromatic N) is 2. The van der Waals surface area contributed by atoms with Gasteiger partial charge >= 0.3 is 0 Å². The highest BCUT2D eigenvalue weighted by molar-refractivity contribution is 6.29. The zero-order valence-electron chi connectivity index (χ0n) is 9.91. The Hall–Kier alpha value is -1.27. The summed E-state index contributed by atoms with van der Waals surface area (Å²) in [6.07, 6.45) is 2.94. The molecular formula is C13H16ClN3. The van der Waals surface area contributed by atoms with Gasteiger partial charge in [0, 0.05) is 6.54 Å². The summed E-state index contributed by atoms with van der Waals surface area (Å²) in [6, 6.07) is 6.10. The van der Waals surface area contributed by atoms with Crippen molar-refractivity contribution >= 4 is 17.4 Å². The van der Waals surface area contributed by atoms with Gasteiger partial charge in [-0.2, -0.15) is 5.26 Å². The first-order valence-electron chi connectivity index (χ1n) is 5.97. The van der Waals surface area contributed by atoms with E-state index in [2.05, 4.69) is 29.4 Å². The molecule has 0 aliphatic heterocycles.